The summed E-state index contributed by atoms with van der Waals surface area (Å²) in [6, 6.07) is 16.5. The van der Waals surface area contributed by atoms with Gasteiger partial charge in [-0.25, -0.2) is 27.5 Å². The maximum absolute atomic E-state index is 13.7. The first kappa shape index (κ1) is 26.0. The van der Waals surface area contributed by atoms with Crippen molar-refractivity contribution in [3.8, 4) is 0 Å². The van der Waals surface area contributed by atoms with Crippen LogP contribution in [0.2, 0.25) is 5.02 Å². The quantitative estimate of drug-likeness (QED) is 0.333. The van der Waals surface area contributed by atoms with Gasteiger partial charge in [0.15, 0.2) is 0 Å². The van der Waals surface area contributed by atoms with Crippen LogP contribution in [0.1, 0.15) is 45.3 Å². The minimum atomic E-state index is -3.88. The molecule has 1 N–H and O–H groups in total. The Morgan fingerprint density at radius 3 is 2.53 bits per heavy atom. The molecular formula is C28H24ClFN4O3S. The van der Waals surface area contributed by atoms with Gasteiger partial charge >= 0.3 is 0 Å². The maximum Gasteiger partial charge on any atom is 0.258 e. The number of hydrogen-bond donors (Lipinski definition) is 1. The summed E-state index contributed by atoms with van der Waals surface area (Å²) in [6.07, 6.45) is 4.59. The molecular weight excluding hydrogens is 527 g/mol. The smallest absolute Gasteiger partial charge is 0.258 e. The third-order valence-corrected chi connectivity index (χ3v) is 8.15. The van der Waals surface area contributed by atoms with E-state index >= 15 is 0 Å². The lowest BCUT2D eigenvalue weighted by Gasteiger charge is -2.25. The minimum absolute atomic E-state index is 0.0133. The molecule has 5 rings (SSSR count). The van der Waals surface area contributed by atoms with E-state index in [1.165, 1.54) is 12.1 Å². The fraction of sp³-hybridized carbons (Fsp3) is 0.179. The molecule has 3 aromatic carbocycles. The van der Waals surface area contributed by atoms with Crippen molar-refractivity contribution in [3.63, 3.8) is 0 Å². The molecule has 10 heteroatoms. The molecule has 1 unspecified atom stereocenters. The zero-order valence-corrected chi connectivity index (χ0v) is 22.0. The van der Waals surface area contributed by atoms with E-state index in [-0.39, 0.29) is 17.3 Å². The molecule has 1 amide bonds. The van der Waals surface area contributed by atoms with E-state index < -0.39 is 21.9 Å². The van der Waals surface area contributed by atoms with E-state index in [1.54, 1.807) is 48.5 Å². The molecule has 0 bridgehead atoms. The SMILES string of the molecule is Cc1ncc(CN(C(=O)c2cccc(Cl)c2)c2ccc3c(c2)C(NS(=O)(=O)c2ccc(F)cc2)CC3)cn1. The molecule has 1 aliphatic carbocycles. The largest absolute Gasteiger partial charge is 0.304 e. The Hall–Kier alpha value is -3.66. The van der Waals surface area contributed by atoms with E-state index in [1.807, 2.05) is 18.2 Å². The van der Waals surface area contributed by atoms with Crippen LogP contribution in [0, 0.1) is 12.7 Å². The Kier molecular flexibility index (Phi) is 7.25. The second-order valence-corrected chi connectivity index (χ2v) is 11.2. The van der Waals surface area contributed by atoms with Crippen LogP contribution >= 0.6 is 11.6 Å². The molecule has 1 atom stereocenters. The lowest BCUT2D eigenvalue weighted by Crippen LogP contribution is -2.31. The summed E-state index contributed by atoms with van der Waals surface area (Å²) in [5.74, 6) is -0.159. The first-order valence-corrected chi connectivity index (χ1v) is 13.8. The van der Waals surface area contributed by atoms with Crippen LogP contribution in [-0.4, -0.2) is 24.3 Å². The van der Waals surface area contributed by atoms with Crippen LogP contribution in [0.5, 0.6) is 0 Å². The molecule has 0 radical (unpaired) electrons. The Balaban J connectivity index is 1.49. The van der Waals surface area contributed by atoms with Crippen molar-refractivity contribution < 1.29 is 17.6 Å². The molecule has 0 spiro atoms. The summed E-state index contributed by atoms with van der Waals surface area (Å²) < 4.78 is 42.1. The number of aromatic nitrogens is 2. The van der Waals surface area contributed by atoms with Crippen LogP contribution in [0.4, 0.5) is 10.1 Å². The van der Waals surface area contributed by atoms with E-state index in [0.29, 0.717) is 34.9 Å². The summed E-state index contributed by atoms with van der Waals surface area (Å²) >= 11 is 6.16. The van der Waals surface area contributed by atoms with Crippen molar-refractivity contribution in [2.24, 2.45) is 0 Å². The average molecular weight is 551 g/mol. The number of sulfonamides is 1. The topological polar surface area (TPSA) is 92.3 Å². The summed E-state index contributed by atoms with van der Waals surface area (Å²) in [7, 11) is -3.88. The number of hydrogen-bond acceptors (Lipinski definition) is 5. The summed E-state index contributed by atoms with van der Waals surface area (Å²) in [4.78, 5) is 23.8. The zero-order chi connectivity index (χ0) is 26.9. The third kappa shape index (κ3) is 5.60. The predicted octanol–water partition coefficient (Wildman–Crippen LogP) is 5.39. The normalized spacial score (nSPS) is 14.8. The number of carbonyl (C=O) groups excluding carboxylic acids is 1. The minimum Gasteiger partial charge on any atom is -0.304 e. The summed E-state index contributed by atoms with van der Waals surface area (Å²) in [6.45, 7) is 1.99. The highest BCUT2D eigenvalue weighted by molar-refractivity contribution is 7.89. The molecule has 7 nitrogen and oxygen atoms in total. The van der Waals surface area contributed by atoms with Gasteiger partial charge in [-0.15, -0.1) is 0 Å². The second kappa shape index (κ2) is 10.6. The highest BCUT2D eigenvalue weighted by atomic mass is 35.5. The lowest BCUT2D eigenvalue weighted by atomic mass is 10.1. The number of nitrogens with one attached hydrogen (secondary N) is 1. The Labute approximate surface area is 225 Å². The van der Waals surface area contributed by atoms with E-state index in [2.05, 4.69) is 14.7 Å². The van der Waals surface area contributed by atoms with Gasteiger partial charge in [0.05, 0.1) is 11.4 Å². The number of carbonyl (C=O) groups is 1. The van der Waals surface area contributed by atoms with E-state index in [4.69, 9.17) is 11.6 Å². The Morgan fingerprint density at radius 2 is 1.82 bits per heavy atom. The van der Waals surface area contributed by atoms with E-state index in [0.717, 1.165) is 28.8 Å². The van der Waals surface area contributed by atoms with Gasteiger partial charge in [0, 0.05) is 40.3 Å². The number of amides is 1. The Morgan fingerprint density at radius 1 is 1.08 bits per heavy atom. The average Bonchev–Trinajstić information content (AvgIpc) is 3.29. The highest BCUT2D eigenvalue weighted by Crippen LogP contribution is 2.36. The van der Waals surface area contributed by atoms with Gasteiger partial charge in [-0.05, 0) is 85.5 Å². The number of rotatable bonds is 7. The number of nitrogens with zero attached hydrogens (tertiary/aromatic N) is 3. The van der Waals surface area contributed by atoms with Crippen LogP contribution in [0.3, 0.4) is 0 Å². The molecule has 1 heterocycles. The molecule has 38 heavy (non-hydrogen) atoms. The third-order valence-electron chi connectivity index (χ3n) is 6.43. The molecule has 0 saturated carbocycles. The van der Waals surface area contributed by atoms with Gasteiger partial charge < -0.3 is 4.90 Å². The van der Waals surface area contributed by atoms with Crippen LogP contribution in [-0.2, 0) is 23.0 Å². The number of anilines is 1. The predicted molar refractivity (Wildman–Crippen MR) is 143 cm³/mol. The first-order chi connectivity index (χ1) is 18.2. The summed E-state index contributed by atoms with van der Waals surface area (Å²) in [5, 5.41) is 0.443. The fourth-order valence-electron chi connectivity index (χ4n) is 4.49. The van der Waals surface area contributed by atoms with Crippen molar-refractivity contribution >= 4 is 33.2 Å². The highest BCUT2D eigenvalue weighted by Gasteiger charge is 2.29. The number of fused-ring (bicyclic) bond motifs is 1. The standard InChI is InChI=1S/C28H24ClFN4O3S/c1-18-31-15-19(16-32-18)17-34(28(35)21-3-2-4-22(29)13-21)24-9-5-20-6-12-27(26(20)14-24)33-38(36,37)25-10-7-23(30)8-11-25/h2-5,7-11,13-16,27,33H,6,12,17H2,1H3. The van der Waals surface area contributed by atoms with E-state index in [9.17, 15) is 17.6 Å². The van der Waals surface area contributed by atoms with Crippen LogP contribution < -0.4 is 9.62 Å². The van der Waals surface area contributed by atoms with Gasteiger partial charge in [0.2, 0.25) is 10.0 Å². The van der Waals surface area contributed by atoms with Crippen LogP contribution in [0.15, 0.2) is 84.0 Å². The fourth-order valence-corrected chi connectivity index (χ4v) is 5.93. The monoisotopic (exact) mass is 550 g/mol. The van der Waals surface area contributed by atoms with Crippen molar-refractivity contribution in [2.45, 2.75) is 37.2 Å². The molecule has 0 fully saturated rings. The molecule has 194 valence electrons. The second-order valence-electron chi connectivity index (χ2n) is 9.09. The van der Waals surface area contributed by atoms with Gasteiger partial charge in [-0.3, -0.25) is 4.79 Å². The molecule has 0 aliphatic heterocycles. The number of halogens is 2. The molecule has 1 aromatic heterocycles. The Bertz CT molecular complexity index is 1600. The van der Waals surface area contributed by atoms with Crippen molar-refractivity contribution in [3.05, 3.63) is 118 Å². The molecule has 0 saturated heterocycles. The number of aryl methyl sites for hydroxylation is 2. The molecule has 1 aliphatic rings. The van der Waals surface area contributed by atoms with Gasteiger partial charge in [-0.1, -0.05) is 23.7 Å². The van der Waals surface area contributed by atoms with Crippen molar-refractivity contribution in [1.29, 1.82) is 0 Å². The van der Waals surface area contributed by atoms with Gasteiger partial charge in [-0.2, -0.15) is 0 Å². The zero-order valence-electron chi connectivity index (χ0n) is 20.4. The molecule has 4 aromatic rings. The van der Waals surface area contributed by atoms with Crippen molar-refractivity contribution in [1.82, 2.24) is 14.7 Å². The first-order valence-electron chi connectivity index (χ1n) is 12.0. The summed E-state index contributed by atoms with van der Waals surface area (Å²) in [5.41, 5.74) is 3.54. The van der Waals surface area contributed by atoms with Crippen molar-refractivity contribution in [2.75, 3.05) is 4.90 Å². The maximum atomic E-state index is 13.7. The lowest BCUT2D eigenvalue weighted by molar-refractivity contribution is 0.0985. The number of benzene rings is 3. The van der Waals surface area contributed by atoms with Gasteiger partial charge in [0.1, 0.15) is 11.6 Å². The van der Waals surface area contributed by atoms with Crippen LogP contribution in [0.25, 0.3) is 0 Å². The van der Waals surface area contributed by atoms with Gasteiger partial charge in [0.25, 0.3) is 5.91 Å².